The molecule has 0 atom stereocenters. The molecular weight excluding hydrogens is 232 g/mol. The molecule has 1 heterocycles. The van der Waals surface area contributed by atoms with Gasteiger partial charge in [-0.2, -0.15) is 0 Å². The van der Waals surface area contributed by atoms with E-state index in [9.17, 15) is 9.59 Å². The van der Waals surface area contributed by atoms with Gasteiger partial charge >= 0.3 is 0 Å². The second-order valence-corrected chi connectivity index (χ2v) is 4.08. The fourth-order valence-electron chi connectivity index (χ4n) is 2.03. The second kappa shape index (κ2) is 5.18. The van der Waals surface area contributed by atoms with Gasteiger partial charge in [-0.05, 0) is 25.5 Å². The molecule has 2 N–H and O–H groups in total. The Hall–Kier alpha value is -1.88. The molecule has 1 aromatic carbocycles. The summed E-state index contributed by atoms with van der Waals surface area (Å²) in [5.41, 5.74) is 6.83. The van der Waals surface area contributed by atoms with Gasteiger partial charge in [0, 0.05) is 25.4 Å². The van der Waals surface area contributed by atoms with E-state index in [-0.39, 0.29) is 11.8 Å². The van der Waals surface area contributed by atoms with Crippen molar-refractivity contribution in [2.24, 2.45) is 0 Å². The lowest BCUT2D eigenvalue weighted by Crippen LogP contribution is -2.31. The average Bonchev–Trinajstić information content (AvgIpc) is 2.60. The van der Waals surface area contributed by atoms with Gasteiger partial charge in [0.05, 0.1) is 11.1 Å². The van der Waals surface area contributed by atoms with Crippen molar-refractivity contribution in [3.8, 4) is 0 Å². The highest BCUT2D eigenvalue weighted by atomic mass is 16.5. The van der Waals surface area contributed by atoms with Crippen LogP contribution in [0.4, 0.5) is 5.69 Å². The molecule has 0 aromatic heterocycles. The van der Waals surface area contributed by atoms with Crippen LogP contribution in [0.25, 0.3) is 0 Å². The molecule has 0 radical (unpaired) electrons. The number of ether oxygens (including phenoxy) is 1. The standard InChI is InChI=1S/C13H16N2O3/c1-2-18-8-4-7-15-12(16)9-5-3-6-10(14)11(9)13(15)17/h3,5-6H,2,4,7-8,14H2,1H3. The molecule has 5 heteroatoms. The van der Waals surface area contributed by atoms with E-state index in [1.54, 1.807) is 18.2 Å². The summed E-state index contributed by atoms with van der Waals surface area (Å²) in [7, 11) is 0. The Labute approximate surface area is 106 Å². The molecule has 1 aliphatic rings. The predicted molar refractivity (Wildman–Crippen MR) is 67.3 cm³/mol. The van der Waals surface area contributed by atoms with Crippen LogP contribution in [0.3, 0.4) is 0 Å². The van der Waals surface area contributed by atoms with Crippen LogP contribution in [0, 0.1) is 0 Å². The molecule has 0 saturated carbocycles. The number of benzene rings is 1. The normalized spacial score (nSPS) is 14.2. The summed E-state index contributed by atoms with van der Waals surface area (Å²) in [6.07, 6.45) is 0.638. The highest BCUT2D eigenvalue weighted by Gasteiger charge is 2.36. The number of nitrogens with zero attached hydrogens (tertiary/aromatic N) is 1. The number of hydrogen-bond acceptors (Lipinski definition) is 4. The Bertz CT molecular complexity index is 485. The van der Waals surface area contributed by atoms with Crippen molar-refractivity contribution in [3.63, 3.8) is 0 Å². The van der Waals surface area contributed by atoms with E-state index >= 15 is 0 Å². The molecule has 0 unspecified atom stereocenters. The van der Waals surface area contributed by atoms with E-state index in [4.69, 9.17) is 10.5 Å². The Morgan fingerprint density at radius 3 is 2.72 bits per heavy atom. The molecule has 0 saturated heterocycles. The summed E-state index contributed by atoms with van der Waals surface area (Å²) >= 11 is 0. The minimum atomic E-state index is -0.301. The summed E-state index contributed by atoms with van der Waals surface area (Å²) in [6.45, 7) is 3.45. The first-order chi connectivity index (χ1) is 8.66. The molecule has 2 rings (SSSR count). The third kappa shape index (κ3) is 2.09. The SMILES string of the molecule is CCOCCCN1C(=O)c2cccc(N)c2C1=O. The van der Waals surface area contributed by atoms with Crippen molar-refractivity contribution in [2.75, 3.05) is 25.5 Å². The van der Waals surface area contributed by atoms with Gasteiger partial charge in [-0.25, -0.2) is 0 Å². The quantitative estimate of drug-likeness (QED) is 0.484. The van der Waals surface area contributed by atoms with Crippen LogP contribution in [0.2, 0.25) is 0 Å². The van der Waals surface area contributed by atoms with Crippen LogP contribution >= 0.6 is 0 Å². The maximum Gasteiger partial charge on any atom is 0.263 e. The van der Waals surface area contributed by atoms with Gasteiger partial charge in [0.15, 0.2) is 0 Å². The van der Waals surface area contributed by atoms with Gasteiger partial charge in [0.25, 0.3) is 11.8 Å². The summed E-state index contributed by atoms with van der Waals surface area (Å²) in [4.78, 5) is 25.3. The van der Waals surface area contributed by atoms with E-state index in [2.05, 4.69) is 0 Å². The summed E-state index contributed by atoms with van der Waals surface area (Å²) in [6, 6.07) is 4.95. The lowest BCUT2D eigenvalue weighted by atomic mass is 10.1. The molecule has 0 bridgehead atoms. The van der Waals surface area contributed by atoms with Crippen LogP contribution in [-0.2, 0) is 4.74 Å². The largest absolute Gasteiger partial charge is 0.398 e. The summed E-state index contributed by atoms with van der Waals surface area (Å²) in [5.74, 6) is -0.566. The van der Waals surface area contributed by atoms with Crippen molar-refractivity contribution >= 4 is 17.5 Å². The molecule has 1 aromatic rings. The van der Waals surface area contributed by atoms with Crippen molar-refractivity contribution in [2.45, 2.75) is 13.3 Å². The number of rotatable bonds is 5. The van der Waals surface area contributed by atoms with Crippen LogP contribution in [0.1, 0.15) is 34.1 Å². The number of nitrogen functional groups attached to an aromatic ring is 1. The number of fused-ring (bicyclic) bond motifs is 1. The molecule has 0 fully saturated rings. The van der Waals surface area contributed by atoms with Gasteiger partial charge in [-0.15, -0.1) is 0 Å². The zero-order chi connectivity index (χ0) is 13.1. The number of amides is 2. The molecular formula is C13H16N2O3. The lowest BCUT2D eigenvalue weighted by Gasteiger charge is -2.13. The maximum atomic E-state index is 12.1. The smallest absolute Gasteiger partial charge is 0.263 e. The number of imide groups is 1. The van der Waals surface area contributed by atoms with E-state index in [1.165, 1.54) is 4.90 Å². The topological polar surface area (TPSA) is 72.6 Å². The van der Waals surface area contributed by atoms with E-state index in [0.29, 0.717) is 43.0 Å². The fourth-order valence-corrected chi connectivity index (χ4v) is 2.03. The van der Waals surface area contributed by atoms with Gasteiger partial charge in [-0.3, -0.25) is 14.5 Å². The summed E-state index contributed by atoms with van der Waals surface area (Å²) < 4.78 is 5.19. The molecule has 2 amide bonds. The number of hydrogen-bond donors (Lipinski definition) is 1. The van der Waals surface area contributed by atoms with Crippen LogP contribution in [0.15, 0.2) is 18.2 Å². The Morgan fingerprint density at radius 2 is 2.06 bits per heavy atom. The second-order valence-electron chi connectivity index (χ2n) is 4.08. The zero-order valence-electron chi connectivity index (χ0n) is 10.3. The minimum absolute atomic E-state index is 0.265. The first-order valence-corrected chi connectivity index (χ1v) is 5.99. The Morgan fingerprint density at radius 1 is 1.28 bits per heavy atom. The molecule has 5 nitrogen and oxygen atoms in total. The van der Waals surface area contributed by atoms with E-state index < -0.39 is 0 Å². The van der Waals surface area contributed by atoms with Crippen LogP contribution in [-0.4, -0.2) is 36.5 Å². The number of anilines is 1. The first kappa shape index (κ1) is 12.6. The van der Waals surface area contributed by atoms with Crippen molar-refractivity contribution in [1.29, 1.82) is 0 Å². The number of nitrogens with two attached hydrogens (primary N) is 1. The van der Waals surface area contributed by atoms with E-state index in [1.807, 2.05) is 6.92 Å². The van der Waals surface area contributed by atoms with E-state index in [0.717, 1.165) is 0 Å². The van der Waals surface area contributed by atoms with Crippen LogP contribution in [0.5, 0.6) is 0 Å². The molecule has 96 valence electrons. The van der Waals surface area contributed by atoms with Gasteiger partial charge < -0.3 is 10.5 Å². The third-order valence-electron chi connectivity index (χ3n) is 2.91. The molecule has 1 aliphatic heterocycles. The first-order valence-electron chi connectivity index (χ1n) is 5.99. The predicted octanol–water partition coefficient (Wildman–Crippen LogP) is 1.29. The third-order valence-corrected chi connectivity index (χ3v) is 2.91. The van der Waals surface area contributed by atoms with Crippen molar-refractivity contribution in [3.05, 3.63) is 29.3 Å². The van der Waals surface area contributed by atoms with Gasteiger partial charge in [0.2, 0.25) is 0 Å². The van der Waals surface area contributed by atoms with Gasteiger partial charge in [0.1, 0.15) is 0 Å². The Balaban J connectivity index is 2.11. The highest BCUT2D eigenvalue weighted by Crippen LogP contribution is 2.27. The monoisotopic (exact) mass is 248 g/mol. The molecule has 18 heavy (non-hydrogen) atoms. The minimum Gasteiger partial charge on any atom is -0.398 e. The highest BCUT2D eigenvalue weighted by molar-refractivity contribution is 6.23. The maximum absolute atomic E-state index is 12.1. The molecule has 0 aliphatic carbocycles. The number of carbonyl (C=O) groups is 2. The lowest BCUT2D eigenvalue weighted by molar-refractivity contribution is 0.0631. The fraction of sp³-hybridized carbons (Fsp3) is 0.385. The van der Waals surface area contributed by atoms with Crippen LogP contribution < -0.4 is 5.73 Å². The zero-order valence-corrected chi connectivity index (χ0v) is 10.3. The van der Waals surface area contributed by atoms with Crippen molar-refractivity contribution < 1.29 is 14.3 Å². The average molecular weight is 248 g/mol. The van der Waals surface area contributed by atoms with Gasteiger partial charge in [-0.1, -0.05) is 6.07 Å². The van der Waals surface area contributed by atoms with Crippen molar-refractivity contribution in [1.82, 2.24) is 4.90 Å². The molecule has 0 spiro atoms. The summed E-state index contributed by atoms with van der Waals surface area (Å²) in [5, 5.41) is 0. The number of carbonyl (C=O) groups excluding carboxylic acids is 2. The Kier molecular flexibility index (Phi) is 3.62.